The minimum Gasteiger partial charge on any atom is -0.457 e. The van der Waals surface area contributed by atoms with Crippen molar-refractivity contribution in [2.45, 2.75) is 6.92 Å². The number of carbonyl (C=O) groups is 1. The summed E-state index contributed by atoms with van der Waals surface area (Å²) >= 11 is 12.2. The summed E-state index contributed by atoms with van der Waals surface area (Å²) in [4.78, 5) is 12.0. The summed E-state index contributed by atoms with van der Waals surface area (Å²) in [5, 5.41) is 3.73. The van der Waals surface area contributed by atoms with Gasteiger partial charge in [0.15, 0.2) is 0 Å². The van der Waals surface area contributed by atoms with E-state index in [0.29, 0.717) is 27.1 Å². The summed E-state index contributed by atoms with van der Waals surface area (Å²) in [5.41, 5.74) is 2.49. The highest BCUT2D eigenvalue weighted by Gasteiger charge is 2.10. The van der Waals surface area contributed by atoms with Crippen LogP contribution in [0.15, 0.2) is 65.1 Å². The van der Waals surface area contributed by atoms with Gasteiger partial charge in [0.2, 0.25) is 5.91 Å². The quantitative estimate of drug-likeness (QED) is 0.553. The molecule has 3 aromatic rings. The largest absolute Gasteiger partial charge is 0.457 e. The third kappa shape index (κ3) is 4.13. The van der Waals surface area contributed by atoms with Crippen molar-refractivity contribution >= 4 is 40.9 Å². The predicted molar refractivity (Wildman–Crippen MR) is 103 cm³/mol. The molecule has 0 saturated heterocycles. The van der Waals surface area contributed by atoms with E-state index in [1.807, 2.05) is 37.3 Å². The monoisotopic (exact) mass is 371 g/mol. The number of aryl methyl sites for hydroxylation is 1. The lowest BCUT2D eigenvalue weighted by Gasteiger charge is -2.04. The van der Waals surface area contributed by atoms with E-state index >= 15 is 0 Å². The molecule has 126 valence electrons. The van der Waals surface area contributed by atoms with Crippen LogP contribution in [0.2, 0.25) is 10.0 Å². The van der Waals surface area contributed by atoms with Crippen molar-refractivity contribution in [3.8, 4) is 11.3 Å². The first-order chi connectivity index (χ1) is 12.0. The second kappa shape index (κ2) is 7.60. The molecular formula is C20H15Cl2NO2. The zero-order valence-electron chi connectivity index (χ0n) is 13.4. The molecule has 5 heteroatoms. The Morgan fingerprint density at radius 2 is 1.84 bits per heavy atom. The van der Waals surface area contributed by atoms with E-state index in [9.17, 15) is 4.79 Å². The van der Waals surface area contributed by atoms with E-state index < -0.39 is 0 Å². The third-order valence-corrected chi connectivity index (χ3v) is 4.46. The average molecular weight is 372 g/mol. The van der Waals surface area contributed by atoms with Gasteiger partial charge in [0.05, 0.1) is 10.0 Å². The smallest absolute Gasteiger partial charge is 0.248 e. The minimum atomic E-state index is -0.229. The van der Waals surface area contributed by atoms with Gasteiger partial charge in [-0.25, -0.2) is 0 Å². The first kappa shape index (κ1) is 17.3. The first-order valence-electron chi connectivity index (χ1n) is 7.63. The van der Waals surface area contributed by atoms with Gasteiger partial charge in [0.1, 0.15) is 11.5 Å². The van der Waals surface area contributed by atoms with Crippen LogP contribution in [-0.4, -0.2) is 5.91 Å². The van der Waals surface area contributed by atoms with E-state index in [-0.39, 0.29) is 5.91 Å². The molecule has 0 radical (unpaired) electrons. The number of hydrogen-bond acceptors (Lipinski definition) is 2. The highest BCUT2D eigenvalue weighted by molar-refractivity contribution is 6.43. The molecule has 25 heavy (non-hydrogen) atoms. The number of benzene rings is 2. The second-order valence-corrected chi connectivity index (χ2v) is 6.23. The Kier molecular flexibility index (Phi) is 5.27. The third-order valence-electron chi connectivity index (χ3n) is 3.65. The van der Waals surface area contributed by atoms with Gasteiger partial charge in [0, 0.05) is 17.3 Å². The van der Waals surface area contributed by atoms with Gasteiger partial charge in [-0.3, -0.25) is 4.79 Å². The van der Waals surface area contributed by atoms with Crippen LogP contribution in [0, 0.1) is 6.92 Å². The number of carbonyl (C=O) groups excluding carboxylic acids is 1. The van der Waals surface area contributed by atoms with Crippen molar-refractivity contribution < 1.29 is 9.21 Å². The number of para-hydroxylation sites is 1. The Morgan fingerprint density at radius 1 is 1.04 bits per heavy atom. The zero-order valence-corrected chi connectivity index (χ0v) is 14.9. The van der Waals surface area contributed by atoms with Crippen molar-refractivity contribution in [3.05, 3.63) is 82.0 Å². The van der Waals surface area contributed by atoms with E-state index in [1.54, 1.807) is 30.3 Å². The Balaban J connectivity index is 1.73. The van der Waals surface area contributed by atoms with Crippen molar-refractivity contribution in [1.29, 1.82) is 0 Å². The molecule has 0 saturated carbocycles. The normalized spacial score (nSPS) is 11.0. The average Bonchev–Trinajstić information content (AvgIpc) is 3.06. The van der Waals surface area contributed by atoms with Crippen LogP contribution >= 0.6 is 23.2 Å². The Hall–Kier alpha value is -2.49. The lowest BCUT2D eigenvalue weighted by molar-refractivity contribution is -0.111. The van der Waals surface area contributed by atoms with Gasteiger partial charge < -0.3 is 9.73 Å². The fraction of sp³-hybridized carbons (Fsp3) is 0.0500. The SMILES string of the molecule is Cc1ccccc1NC(=O)C=Cc1ccc(-c2cccc(Cl)c2Cl)o1. The maximum Gasteiger partial charge on any atom is 0.248 e. The summed E-state index contributed by atoms with van der Waals surface area (Å²) < 4.78 is 5.72. The topological polar surface area (TPSA) is 42.2 Å². The zero-order chi connectivity index (χ0) is 17.8. The molecule has 1 N–H and O–H groups in total. The highest BCUT2D eigenvalue weighted by Crippen LogP contribution is 2.34. The van der Waals surface area contributed by atoms with E-state index in [2.05, 4.69) is 5.32 Å². The van der Waals surface area contributed by atoms with Gasteiger partial charge in [-0.2, -0.15) is 0 Å². The Morgan fingerprint density at radius 3 is 2.64 bits per heavy atom. The van der Waals surface area contributed by atoms with Crippen LogP contribution in [0.5, 0.6) is 0 Å². The van der Waals surface area contributed by atoms with Crippen molar-refractivity contribution in [2.24, 2.45) is 0 Å². The molecule has 1 amide bonds. The molecule has 1 aromatic heterocycles. The maximum atomic E-state index is 12.0. The molecule has 0 spiro atoms. The summed E-state index contributed by atoms with van der Waals surface area (Å²) in [6.07, 6.45) is 3.03. The van der Waals surface area contributed by atoms with Crippen LogP contribution in [0.4, 0.5) is 5.69 Å². The second-order valence-electron chi connectivity index (χ2n) is 5.44. The summed E-state index contributed by atoms with van der Waals surface area (Å²) in [6.45, 7) is 1.94. The molecule has 0 unspecified atom stereocenters. The van der Waals surface area contributed by atoms with Crippen LogP contribution in [0.1, 0.15) is 11.3 Å². The summed E-state index contributed by atoms with van der Waals surface area (Å²) in [6, 6.07) is 16.5. The number of nitrogens with one attached hydrogen (secondary N) is 1. The van der Waals surface area contributed by atoms with Gasteiger partial charge in [-0.15, -0.1) is 0 Å². The van der Waals surface area contributed by atoms with Gasteiger partial charge in [0.25, 0.3) is 0 Å². The lowest BCUT2D eigenvalue weighted by atomic mass is 10.2. The molecule has 0 aliphatic heterocycles. The minimum absolute atomic E-state index is 0.229. The highest BCUT2D eigenvalue weighted by atomic mass is 35.5. The van der Waals surface area contributed by atoms with E-state index in [4.69, 9.17) is 27.6 Å². The fourth-order valence-corrected chi connectivity index (χ4v) is 2.72. The number of hydrogen-bond donors (Lipinski definition) is 1. The predicted octanol–water partition coefficient (Wildman–Crippen LogP) is 6.21. The molecule has 3 nitrogen and oxygen atoms in total. The van der Waals surface area contributed by atoms with Crippen LogP contribution in [0.3, 0.4) is 0 Å². The molecule has 1 heterocycles. The van der Waals surface area contributed by atoms with Crippen molar-refractivity contribution in [3.63, 3.8) is 0 Å². The molecule has 2 aromatic carbocycles. The van der Waals surface area contributed by atoms with Crippen LogP contribution in [0.25, 0.3) is 17.4 Å². The van der Waals surface area contributed by atoms with Crippen LogP contribution < -0.4 is 5.32 Å². The number of furan rings is 1. The van der Waals surface area contributed by atoms with Crippen molar-refractivity contribution in [1.82, 2.24) is 0 Å². The first-order valence-corrected chi connectivity index (χ1v) is 8.39. The molecule has 0 atom stereocenters. The summed E-state index contributed by atoms with van der Waals surface area (Å²) in [7, 11) is 0. The number of rotatable bonds is 4. The molecule has 3 rings (SSSR count). The number of halogens is 2. The Bertz CT molecular complexity index is 944. The molecule has 0 bridgehead atoms. The summed E-state index contributed by atoms with van der Waals surface area (Å²) in [5.74, 6) is 0.908. The number of amides is 1. The van der Waals surface area contributed by atoms with Gasteiger partial charge >= 0.3 is 0 Å². The van der Waals surface area contributed by atoms with Crippen molar-refractivity contribution in [2.75, 3.05) is 5.32 Å². The molecular weight excluding hydrogens is 357 g/mol. The Labute approximate surface area is 155 Å². The molecule has 0 aliphatic rings. The molecule has 0 aliphatic carbocycles. The van der Waals surface area contributed by atoms with E-state index in [1.165, 1.54) is 6.08 Å². The van der Waals surface area contributed by atoms with E-state index in [0.717, 1.165) is 11.3 Å². The fourth-order valence-electron chi connectivity index (χ4n) is 2.33. The van der Waals surface area contributed by atoms with Gasteiger partial charge in [-0.1, -0.05) is 47.5 Å². The lowest BCUT2D eigenvalue weighted by Crippen LogP contribution is -2.08. The van der Waals surface area contributed by atoms with Crippen LogP contribution in [-0.2, 0) is 4.79 Å². The maximum absolute atomic E-state index is 12.0. The standard InChI is InChI=1S/C20H15Cl2NO2/c1-13-5-2-3-8-17(13)23-19(24)12-10-14-9-11-18(25-14)15-6-4-7-16(21)20(15)22/h2-12H,1H3,(H,23,24). The van der Waals surface area contributed by atoms with Gasteiger partial charge in [-0.05, 0) is 48.9 Å². The number of anilines is 1. The molecule has 0 fully saturated rings.